The summed E-state index contributed by atoms with van der Waals surface area (Å²) in [6.45, 7) is 22.6. The summed E-state index contributed by atoms with van der Waals surface area (Å²) in [6.07, 6.45) is 1.05. The largest absolute Gasteiger partial charge is 0.416 e. The summed E-state index contributed by atoms with van der Waals surface area (Å²) in [5, 5.41) is 0. The van der Waals surface area contributed by atoms with Crippen LogP contribution in [0, 0.1) is 0 Å². The average Bonchev–Trinajstić information content (AvgIpc) is 2.37. The van der Waals surface area contributed by atoms with E-state index in [0.717, 1.165) is 32.3 Å². The molecule has 0 aliphatic rings. The highest BCUT2D eigenvalue weighted by atomic mass is 28.4. The maximum absolute atomic E-state index is 6.62. The molecule has 0 atom stereocenters. The molecular weight excluding hydrogens is 308 g/mol. The molecule has 22 heavy (non-hydrogen) atoms. The highest BCUT2D eigenvalue weighted by Gasteiger charge is 2.45. The van der Waals surface area contributed by atoms with E-state index in [4.69, 9.17) is 13.3 Å². The topological polar surface area (TPSA) is 27.7 Å². The second-order valence-corrected chi connectivity index (χ2v) is 16.1. The van der Waals surface area contributed by atoms with Crippen LogP contribution in [0.25, 0.3) is 0 Å². The molecule has 0 bridgehead atoms. The molecule has 0 aromatic heterocycles. The van der Waals surface area contributed by atoms with Crippen molar-refractivity contribution in [2.75, 3.05) is 19.8 Å². The van der Waals surface area contributed by atoms with Crippen LogP contribution in [-0.4, -0.2) is 36.7 Å². The Morgan fingerprint density at radius 3 is 1.45 bits per heavy atom. The first-order valence-electron chi connectivity index (χ1n) is 9.08. The molecule has 0 amide bonds. The van der Waals surface area contributed by atoms with E-state index in [-0.39, 0.29) is 0 Å². The molecule has 134 valence electrons. The Morgan fingerprint density at radius 2 is 1.14 bits per heavy atom. The van der Waals surface area contributed by atoms with Crippen LogP contribution in [0.5, 0.6) is 0 Å². The predicted octanol–water partition coefficient (Wildman–Crippen LogP) is 5.71. The fourth-order valence-corrected chi connectivity index (χ4v) is 11.8. The van der Waals surface area contributed by atoms with Crippen LogP contribution >= 0.6 is 0 Å². The van der Waals surface area contributed by atoms with Gasteiger partial charge in [-0.1, -0.05) is 41.5 Å². The summed E-state index contributed by atoms with van der Waals surface area (Å²) in [6, 6.07) is 1.02. The molecular formula is C17H40O3Si2. The van der Waals surface area contributed by atoms with Crippen molar-refractivity contribution in [3.8, 4) is 0 Å². The van der Waals surface area contributed by atoms with Gasteiger partial charge in [0.2, 0.25) is 0 Å². The third-order valence-electron chi connectivity index (χ3n) is 4.73. The lowest BCUT2D eigenvalue weighted by Crippen LogP contribution is -2.48. The van der Waals surface area contributed by atoms with E-state index in [9.17, 15) is 0 Å². The number of hydrogen-bond donors (Lipinski definition) is 0. The predicted molar refractivity (Wildman–Crippen MR) is 101 cm³/mol. The van der Waals surface area contributed by atoms with E-state index in [1.54, 1.807) is 0 Å². The fraction of sp³-hybridized carbons (Fsp3) is 1.00. The van der Waals surface area contributed by atoms with E-state index in [2.05, 4.69) is 61.9 Å². The Bertz CT molecular complexity index is 266. The van der Waals surface area contributed by atoms with Crippen LogP contribution in [-0.2, 0) is 13.3 Å². The lowest BCUT2D eigenvalue weighted by Gasteiger charge is -2.42. The summed E-state index contributed by atoms with van der Waals surface area (Å²) in [5.41, 5.74) is 1.94. The maximum Gasteiger partial charge on any atom is 0.334 e. The lowest BCUT2D eigenvalue weighted by molar-refractivity contribution is 0.184. The van der Waals surface area contributed by atoms with Crippen molar-refractivity contribution >= 4 is 16.9 Å². The molecule has 0 aromatic rings. The Labute approximate surface area is 141 Å². The van der Waals surface area contributed by atoms with E-state index in [0.29, 0.717) is 16.6 Å². The van der Waals surface area contributed by atoms with Crippen molar-refractivity contribution in [3.63, 3.8) is 0 Å². The minimum Gasteiger partial charge on any atom is -0.416 e. The van der Waals surface area contributed by atoms with Gasteiger partial charge in [-0.25, -0.2) is 0 Å². The third-order valence-corrected chi connectivity index (χ3v) is 13.9. The second-order valence-electron chi connectivity index (χ2n) is 7.27. The monoisotopic (exact) mass is 348 g/mol. The van der Waals surface area contributed by atoms with Gasteiger partial charge in [0.15, 0.2) is 8.32 Å². The second kappa shape index (κ2) is 10.2. The molecule has 0 fully saturated rings. The van der Waals surface area contributed by atoms with Gasteiger partial charge in [0.25, 0.3) is 0 Å². The standard InChI is InChI=1S/C17H40O3Si2/c1-10-18-21(9,19-11-2)14-12-13-20-22(15(3)4,16(5)6)17(7)8/h15-17H,10-14H2,1-9H3. The fourth-order valence-electron chi connectivity index (χ4n) is 3.94. The molecule has 0 saturated heterocycles. The molecule has 0 spiro atoms. The van der Waals surface area contributed by atoms with Gasteiger partial charge in [0, 0.05) is 19.8 Å². The maximum atomic E-state index is 6.62. The van der Waals surface area contributed by atoms with Crippen molar-refractivity contribution < 1.29 is 13.3 Å². The first kappa shape index (κ1) is 22.3. The Morgan fingerprint density at radius 1 is 0.727 bits per heavy atom. The van der Waals surface area contributed by atoms with Crippen LogP contribution in [0.2, 0.25) is 29.2 Å². The molecule has 3 nitrogen and oxygen atoms in total. The molecule has 0 aromatic carbocycles. The van der Waals surface area contributed by atoms with Crippen molar-refractivity contribution in [1.82, 2.24) is 0 Å². The van der Waals surface area contributed by atoms with Gasteiger partial charge < -0.3 is 13.3 Å². The Kier molecular flexibility index (Phi) is 10.4. The van der Waals surface area contributed by atoms with Crippen molar-refractivity contribution in [3.05, 3.63) is 0 Å². The van der Waals surface area contributed by atoms with E-state index in [1.807, 2.05) is 0 Å². The molecule has 0 radical (unpaired) electrons. The van der Waals surface area contributed by atoms with Crippen LogP contribution in [0.4, 0.5) is 0 Å². The molecule has 0 aliphatic carbocycles. The lowest BCUT2D eigenvalue weighted by atomic mass is 10.5. The van der Waals surface area contributed by atoms with Gasteiger partial charge in [-0.3, -0.25) is 0 Å². The summed E-state index contributed by atoms with van der Waals surface area (Å²) < 4.78 is 18.4. The average molecular weight is 349 g/mol. The molecule has 0 N–H and O–H groups in total. The Balaban J connectivity index is 4.63. The van der Waals surface area contributed by atoms with E-state index < -0.39 is 16.9 Å². The van der Waals surface area contributed by atoms with Gasteiger partial charge in [0.05, 0.1) is 0 Å². The summed E-state index contributed by atoms with van der Waals surface area (Å²) >= 11 is 0. The quantitative estimate of drug-likeness (QED) is 0.334. The smallest absolute Gasteiger partial charge is 0.334 e. The Hall–Kier alpha value is 0.314. The van der Waals surface area contributed by atoms with Gasteiger partial charge in [0.1, 0.15) is 0 Å². The van der Waals surface area contributed by atoms with Crippen LogP contribution < -0.4 is 0 Å². The van der Waals surface area contributed by atoms with Crippen molar-refractivity contribution in [2.45, 2.75) is 91.0 Å². The van der Waals surface area contributed by atoms with Crippen LogP contribution in [0.15, 0.2) is 0 Å². The normalized spacial score (nSPS) is 13.6. The molecule has 0 saturated carbocycles. The van der Waals surface area contributed by atoms with Gasteiger partial charge in [-0.2, -0.15) is 0 Å². The summed E-state index contributed by atoms with van der Waals surface area (Å²) in [7, 11) is -3.72. The zero-order chi connectivity index (χ0) is 17.4. The SMILES string of the molecule is CCO[Si](C)(CCCO[Si](C(C)C)(C(C)C)C(C)C)OCC. The highest BCUT2D eigenvalue weighted by Crippen LogP contribution is 2.42. The van der Waals surface area contributed by atoms with Crippen LogP contribution in [0.3, 0.4) is 0 Å². The number of hydrogen-bond acceptors (Lipinski definition) is 3. The van der Waals surface area contributed by atoms with Gasteiger partial charge >= 0.3 is 8.56 Å². The first-order chi connectivity index (χ1) is 10.2. The van der Waals surface area contributed by atoms with Gasteiger partial charge in [-0.05, 0) is 49.5 Å². The zero-order valence-corrected chi connectivity index (χ0v) is 18.5. The zero-order valence-electron chi connectivity index (χ0n) is 16.5. The first-order valence-corrected chi connectivity index (χ1v) is 13.7. The third kappa shape index (κ3) is 6.08. The highest BCUT2D eigenvalue weighted by molar-refractivity contribution is 6.77. The van der Waals surface area contributed by atoms with Gasteiger partial charge in [-0.15, -0.1) is 0 Å². The van der Waals surface area contributed by atoms with Crippen LogP contribution in [0.1, 0.15) is 61.8 Å². The minimum atomic E-state index is -1.99. The van der Waals surface area contributed by atoms with Crippen molar-refractivity contribution in [1.29, 1.82) is 0 Å². The molecule has 5 heteroatoms. The molecule has 0 heterocycles. The molecule has 0 rings (SSSR count). The van der Waals surface area contributed by atoms with E-state index >= 15 is 0 Å². The molecule has 0 aliphatic heterocycles. The van der Waals surface area contributed by atoms with E-state index in [1.165, 1.54) is 0 Å². The minimum absolute atomic E-state index is 0.648. The summed E-state index contributed by atoms with van der Waals surface area (Å²) in [4.78, 5) is 0. The van der Waals surface area contributed by atoms with Crippen molar-refractivity contribution in [2.24, 2.45) is 0 Å². The number of rotatable bonds is 12. The summed E-state index contributed by atoms with van der Waals surface area (Å²) in [5.74, 6) is 0. The molecule has 0 unspecified atom stereocenters.